The van der Waals surface area contributed by atoms with Crippen molar-refractivity contribution in [1.29, 1.82) is 0 Å². The van der Waals surface area contributed by atoms with E-state index in [0.717, 1.165) is 11.1 Å². The minimum Gasteiger partial charge on any atom is -0.493 e. The van der Waals surface area contributed by atoms with Crippen LogP contribution in [-0.2, 0) is 27.5 Å². The summed E-state index contributed by atoms with van der Waals surface area (Å²) in [5.74, 6) is -0.0891. The Bertz CT molecular complexity index is 1560. The zero-order valence-electron chi connectivity index (χ0n) is 24.4. The molecule has 0 aliphatic rings. The van der Waals surface area contributed by atoms with E-state index in [-0.39, 0.29) is 31.5 Å². The smallest absolute Gasteiger partial charge is 0.250 e. The molecule has 1 unspecified atom stereocenters. The quantitative estimate of drug-likeness (QED) is 0.0619. The number of hydrogen-bond donors (Lipinski definition) is 5. The molecular weight excluding hydrogens is 562 g/mol. The maximum atomic E-state index is 13.8. The van der Waals surface area contributed by atoms with Crippen LogP contribution < -0.4 is 31.2 Å². The fraction of sp³-hybridized carbons (Fsp3) is 0.182. The van der Waals surface area contributed by atoms with Gasteiger partial charge >= 0.3 is 0 Å². The van der Waals surface area contributed by atoms with Gasteiger partial charge < -0.3 is 41.1 Å². The highest BCUT2D eigenvalue weighted by Gasteiger charge is 2.27. The van der Waals surface area contributed by atoms with Crippen molar-refractivity contribution in [2.45, 2.75) is 19.2 Å². The normalized spacial score (nSPS) is 11.7. The molecule has 0 spiro atoms. The highest BCUT2D eigenvalue weighted by atomic mass is 16.5. The summed E-state index contributed by atoms with van der Waals surface area (Å²) in [6, 6.07) is 28.1. The maximum Gasteiger partial charge on any atom is 0.250 e. The molecule has 1 atom stereocenters. The molecule has 0 aliphatic carbocycles. The average Bonchev–Trinajstić information content (AvgIpc) is 3.06. The fourth-order valence-electron chi connectivity index (χ4n) is 4.38. The van der Waals surface area contributed by atoms with Gasteiger partial charge in [-0.3, -0.25) is 9.59 Å². The number of oxime groups is 1. The Hall–Kier alpha value is -5.55. The number of carbonyl (C=O) groups excluding carboxylic acids is 2. The molecule has 0 fully saturated rings. The summed E-state index contributed by atoms with van der Waals surface area (Å²) < 4.78 is 16.8. The fourth-order valence-corrected chi connectivity index (χ4v) is 4.38. The van der Waals surface area contributed by atoms with Crippen LogP contribution in [0.5, 0.6) is 11.5 Å². The number of anilines is 2. The first kappa shape index (κ1) is 31.4. The van der Waals surface area contributed by atoms with Gasteiger partial charge in [0.2, 0.25) is 11.8 Å². The minimum atomic E-state index is -0.997. The molecule has 4 aromatic carbocycles. The van der Waals surface area contributed by atoms with Crippen molar-refractivity contribution in [2.75, 3.05) is 31.5 Å². The third kappa shape index (κ3) is 8.49. The van der Waals surface area contributed by atoms with Crippen molar-refractivity contribution in [2.24, 2.45) is 10.9 Å². The van der Waals surface area contributed by atoms with Gasteiger partial charge in [-0.2, -0.15) is 0 Å². The number of amides is 2. The van der Waals surface area contributed by atoms with Gasteiger partial charge in [0.1, 0.15) is 19.3 Å². The molecule has 0 saturated carbocycles. The number of nitrogens with one attached hydrogen (secondary N) is 3. The SMILES string of the molecule is COCC(=O)Nc1cc(OCc2ccccc2)c(OC)cc1C(Nc1ccc(/C(N)=N/O)cc1)C(=O)NCc1ccccc1. The summed E-state index contributed by atoms with van der Waals surface area (Å²) in [4.78, 5) is 26.6. The van der Waals surface area contributed by atoms with E-state index in [1.165, 1.54) is 14.2 Å². The van der Waals surface area contributed by atoms with Gasteiger partial charge in [-0.1, -0.05) is 65.8 Å². The number of ether oxygens (including phenoxy) is 3. The van der Waals surface area contributed by atoms with Crippen LogP contribution in [0, 0.1) is 0 Å². The van der Waals surface area contributed by atoms with Crippen molar-refractivity contribution < 1.29 is 29.0 Å². The minimum absolute atomic E-state index is 0.0485. The maximum absolute atomic E-state index is 13.8. The second-order valence-electron chi connectivity index (χ2n) is 9.69. The second kappa shape index (κ2) is 15.6. The van der Waals surface area contributed by atoms with Crippen LogP contribution in [-0.4, -0.2) is 43.7 Å². The molecule has 0 saturated heterocycles. The molecule has 4 rings (SSSR count). The van der Waals surface area contributed by atoms with Crippen LogP contribution in [0.25, 0.3) is 0 Å². The lowest BCUT2D eigenvalue weighted by atomic mass is 10.0. The largest absolute Gasteiger partial charge is 0.493 e. The summed E-state index contributed by atoms with van der Waals surface area (Å²) in [6.45, 7) is 0.341. The van der Waals surface area contributed by atoms with Crippen LogP contribution in [0.3, 0.4) is 0 Å². The standard InChI is InChI=1S/C33H35N5O6/c1-42-21-30(39)37-27-18-29(44-20-23-11-7-4-8-12-23)28(43-2)17-26(27)31(33(40)35-19-22-9-5-3-6-10-22)36-25-15-13-24(14-16-25)32(34)38-41/h3-18,31,36,41H,19-21H2,1-2H3,(H2,34,38)(H,35,40)(H,37,39). The average molecular weight is 598 g/mol. The third-order valence-corrected chi connectivity index (χ3v) is 6.60. The molecule has 0 aromatic heterocycles. The Morgan fingerprint density at radius 1 is 0.886 bits per heavy atom. The molecule has 4 aromatic rings. The van der Waals surface area contributed by atoms with Gasteiger partial charge in [-0.05, 0) is 41.5 Å². The Morgan fingerprint density at radius 2 is 1.55 bits per heavy atom. The Labute approximate surface area is 255 Å². The zero-order valence-corrected chi connectivity index (χ0v) is 24.4. The van der Waals surface area contributed by atoms with E-state index in [1.54, 1.807) is 36.4 Å². The first-order chi connectivity index (χ1) is 21.4. The number of amidine groups is 1. The van der Waals surface area contributed by atoms with Gasteiger partial charge in [0.25, 0.3) is 0 Å². The van der Waals surface area contributed by atoms with Crippen molar-refractivity contribution in [3.05, 3.63) is 119 Å². The molecule has 11 nitrogen and oxygen atoms in total. The number of benzene rings is 4. The molecular formula is C33H35N5O6. The van der Waals surface area contributed by atoms with Crippen molar-refractivity contribution in [1.82, 2.24) is 5.32 Å². The molecule has 0 aliphatic heterocycles. The topological polar surface area (TPSA) is 157 Å². The lowest BCUT2D eigenvalue weighted by molar-refractivity contribution is -0.122. The number of carbonyl (C=O) groups is 2. The predicted molar refractivity (Wildman–Crippen MR) is 168 cm³/mol. The summed E-state index contributed by atoms with van der Waals surface area (Å²) in [7, 11) is 2.92. The summed E-state index contributed by atoms with van der Waals surface area (Å²) in [5.41, 5.74) is 9.39. The molecule has 44 heavy (non-hydrogen) atoms. The van der Waals surface area contributed by atoms with Gasteiger partial charge in [-0.25, -0.2) is 0 Å². The van der Waals surface area contributed by atoms with E-state index in [2.05, 4.69) is 21.1 Å². The van der Waals surface area contributed by atoms with Crippen LogP contribution in [0.4, 0.5) is 11.4 Å². The third-order valence-electron chi connectivity index (χ3n) is 6.60. The van der Waals surface area contributed by atoms with Crippen LogP contribution in [0.1, 0.15) is 28.3 Å². The second-order valence-corrected chi connectivity index (χ2v) is 9.69. The van der Waals surface area contributed by atoms with E-state index in [0.29, 0.717) is 34.0 Å². The first-order valence-corrected chi connectivity index (χ1v) is 13.8. The van der Waals surface area contributed by atoms with E-state index in [9.17, 15) is 9.59 Å². The zero-order chi connectivity index (χ0) is 31.3. The van der Waals surface area contributed by atoms with Crippen molar-refractivity contribution >= 4 is 29.0 Å². The summed E-state index contributed by atoms with van der Waals surface area (Å²) >= 11 is 0. The summed E-state index contributed by atoms with van der Waals surface area (Å²) in [6.07, 6.45) is 0. The van der Waals surface area contributed by atoms with Crippen LogP contribution in [0.15, 0.2) is 102 Å². The number of methoxy groups -OCH3 is 2. The van der Waals surface area contributed by atoms with Gasteiger partial charge in [0.15, 0.2) is 17.3 Å². The lowest BCUT2D eigenvalue weighted by Gasteiger charge is -2.24. The highest BCUT2D eigenvalue weighted by Crippen LogP contribution is 2.38. The van der Waals surface area contributed by atoms with E-state index in [4.69, 9.17) is 25.2 Å². The number of nitrogens with two attached hydrogens (primary N) is 1. The summed E-state index contributed by atoms with van der Waals surface area (Å²) in [5, 5.41) is 21.1. The molecule has 11 heteroatoms. The van der Waals surface area contributed by atoms with E-state index in [1.807, 2.05) is 60.7 Å². The van der Waals surface area contributed by atoms with Crippen molar-refractivity contribution in [3.63, 3.8) is 0 Å². The van der Waals surface area contributed by atoms with Crippen LogP contribution >= 0.6 is 0 Å². The predicted octanol–water partition coefficient (Wildman–Crippen LogP) is 4.42. The monoisotopic (exact) mass is 597 g/mol. The molecule has 0 radical (unpaired) electrons. The Morgan fingerprint density at radius 3 is 2.16 bits per heavy atom. The van der Waals surface area contributed by atoms with E-state index < -0.39 is 11.9 Å². The number of nitrogens with zero attached hydrogens (tertiary/aromatic N) is 1. The van der Waals surface area contributed by atoms with Crippen molar-refractivity contribution in [3.8, 4) is 11.5 Å². The van der Waals surface area contributed by atoms with Gasteiger partial charge in [0.05, 0.1) is 12.8 Å². The molecule has 6 N–H and O–H groups in total. The Balaban J connectivity index is 1.74. The molecule has 0 bridgehead atoms. The molecule has 0 heterocycles. The van der Waals surface area contributed by atoms with Crippen LogP contribution in [0.2, 0.25) is 0 Å². The number of hydrogen-bond acceptors (Lipinski definition) is 8. The van der Waals surface area contributed by atoms with E-state index >= 15 is 0 Å². The first-order valence-electron chi connectivity index (χ1n) is 13.8. The Kier molecular flexibility index (Phi) is 11.1. The van der Waals surface area contributed by atoms with Gasteiger partial charge in [0, 0.05) is 36.5 Å². The molecule has 228 valence electrons. The highest BCUT2D eigenvalue weighted by molar-refractivity contribution is 5.98. The van der Waals surface area contributed by atoms with Gasteiger partial charge in [-0.15, -0.1) is 0 Å². The lowest BCUT2D eigenvalue weighted by Crippen LogP contribution is -2.34. The molecule has 2 amide bonds. The number of rotatable bonds is 14.